The van der Waals surface area contributed by atoms with Gasteiger partial charge in [-0.05, 0) is 54.4 Å². The topological polar surface area (TPSA) is 20.3 Å². The summed E-state index contributed by atoms with van der Waals surface area (Å²) in [4.78, 5) is 15.6. The zero-order valence-corrected chi connectivity index (χ0v) is 16.6. The molecule has 2 aromatic rings. The second-order valence-electron chi connectivity index (χ2n) is 8.61. The molecule has 0 bridgehead atoms. The Labute approximate surface area is 158 Å². The Morgan fingerprint density at radius 3 is 2.23 bits per heavy atom. The monoisotopic (exact) mass is 349 g/mol. The summed E-state index contributed by atoms with van der Waals surface area (Å²) in [7, 11) is 0. The van der Waals surface area contributed by atoms with Gasteiger partial charge in [0.2, 0.25) is 5.91 Å². The van der Waals surface area contributed by atoms with Gasteiger partial charge in [-0.1, -0.05) is 70.2 Å². The minimum Gasteiger partial charge on any atom is -0.307 e. The number of amides is 1. The SMILES string of the molecule is CC(C)CCC(C)(C)C(=O)N1Cc2ccccc2CCc2ccccc21. The molecule has 138 valence electrons. The number of benzene rings is 2. The van der Waals surface area contributed by atoms with E-state index in [1.165, 1.54) is 16.7 Å². The quantitative estimate of drug-likeness (QED) is 0.685. The van der Waals surface area contributed by atoms with E-state index in [0.29, 0.717) is 12.5 Å². The highest BCUT2D eigenvalue weighted by Crippen LogP contribution is 2.34. The molecule has 0 fully saturated rings. The van der Waals surface area contributed by atoms with Crippen molar-refractivity contribution in [2.45, 2.75) is 59.9 Å². The molecular weight excluding hydrogens is 318 g/mol. The van der Waals surface area contributed by atoms with Gasteiger partial charge in [0.1, 0.15) is 0 Å². The van der Waals surface area contributed by atoms with Gasteiger partial charge in [0, 0.05) is 11.1 Å². The Morgan fingerprint density at radius 2 is 1.54 bits per heavy atom. The number of para-hydroxylation sites is 1. The van der Waals surface area contributed by atoms with Gasteiger partial charge >= 0.3 is 0 Å². The predicted molar refractivity (Wildman–Crippen MR) is 109 cm³/mol. The fraction of sp³-hybridized carbons (Fsp3) is 0.458. The second kappa shape index (κ2) is 7.65. The van der Waals surface area contributed by atoms with Crippen LogP contribution < -0.4 is 4.90 Å². The summed E-state index contributed by atoms with van der Waals surface area (Å²) in [5, 5.41) is 0. The molecule has 1 aliphatic heterocycles. The van der Waals surface area contributed by atoms with E-state index in [4.69, 9.17) is 0 Å². The summed E-state index contributed by atoms with van der Waals surface area (Å²) in [5.41, 5.74) is 4.64. The van der Waals surface area contributed by atoms with Crippen LogP contribution >= 0.6 is 0 Å². The van der Waals surface area contributed by atoms with Crippen molar-refractivity contribution in [1.82, 2.24) is 0 Å². The molecule has 0 aliphatic carbocycles. The summed E-state index contributed by atoms with van der Waals surface area (Å²) < 4.78 is 0. The maximum Gasteiger partial charge on any atom is 0.232 e. The zero-order valence-electron chi connectivity index (χ0n) is 16.6. The number of nitrogens with zero attached hydrogens (tertiary/aromatic N) is 1. The van der Waals surface area contributed by atoms with E-state index in [9.17, 15) is 4.79 Å². The second-order valence-corrected chi connectivity index (χ2v) is 8.61. The largest absolute Gasteiger partial charge is 0.307 e. The minimum atomic E-state index is -0.356. The third-order valence-corrected chi connectivity index (χ3v) is 5.56. The molecule has 0 atom stereocenters. The Balaban J connectivity index is 1.98. The van der Waals surface area contributed by atoms with E-state index in [1.807, 2.05) is 11.0 Å². The van der Waals surface area contributed by atoms with Crippen molar-refractivity contribution in [2.24, 2.45) is 11.3 Å². The third-order valence-electron chi connectivity index (χ3n) is 5.56. The van der Waals surface area contributed by atoms with Crippen molar-refractivity contribution in [3.05, 3.63) is 65.2 Å². The first-order valence-electron chi connectivity index (χ1n) is 9.85. The average Bonchev–Trinajstić information content (AvgIpc) is 2.61. The maximum atomic E-state index is 13.6. The van der Waals surface area contributed by atoms with Crippen molar-refractivity contribution in [3.63, 3.8) is 0 Å². The van der Waals surface area contributed by atoms with Gasteiger partial charge < -0.3 is 4.90 Å². The highest BCUT2D eigenvalue weighted by atomic mass is 16.2. The van der Waals surface area contributed by atoms with E-state index in [-0.39, 0.29) is 11.3 Å². The molecule has 1 aliphatic rings. The molecule has 3 rings (SSSR count). The normalized spacial score (nSPS) is 14.4. The first-order chi connectivity index (χ1) is 12.4. The van der Waals surface area contributed by atoms with Crippen molar-refractivity contribution in [1.29, 1.82) is 0 Å². The standard InChI is InChI=1S/C24H31NO/c1-18(2)15-16-24(3,4)23(26)25-17-21-11-6-5-9-19(21)13-14-20-10-7-8-12-22(20)25/h5-12,18H,13-17H2,1-4H3. The van der Waals surface area contributed by atoms with Gasteiger partial charge in [0.25, 0.3) is 0 Å². The Morgan fingerprint density at radius 1 is 0.962 bits per heavy atom. The number of rotatable bonds is 4. The summed E-state index contributed by atoms with van der Waals surface area (Å²) >= 11 is 0. The van der Waals surface area contributed by atoms with Crippen LogP contribution in [0.2, 0.25) is 0 Å². The molecule has 1 heterocycles. The van der Waals surface area contributed by atoms with Crippen molar-refractivity contribution >= 4 is 11.6 Å². The third kappa shape index (κ3) is 4.00. The first-order valence-corrected chi connectivity index (χ1v) is 9.85. The molecule has 0 unspecified atom stereocenters. The number of carbonyl (C=O) groups excluding carboxylic acids is 1. The maximum absolute atomic E-state index is 13.6. The molecule has 1 amide bonds. The lowest BCUT2D eigenvalue weighted by atomic mass is 9.83. The Bertz CT molecular complexity index is 775. The van der Waals surface area contributed by atoms with E-state index < -0.39 is 0 Å². The van der Waals surface area contributed by atoms with Crippen LogP contribution in [-0.4, -0.2) is 5.91 Å². The number of fused-ring (bicyclic) bond motifs is 2. The Hall–Kier alpha value is -2.09. The lowest BCUT2D eigenvalue weighted by Crippen LogP contribution is -2.42. The summed E-state index contributed by atoms with van der Waals surface area (Å²) in [5.74, 6) is 0.852. The lowest BCUT2D eigenvalue weighted by Gasteiger charge is -2.35. The molecule has 26 heavy (non-hydrogen) atoms. The summed E-state index contributed by atoms with van der Waals surface area (Å²) in [6, 6.07) is 17.0. The van der Waals surface area contributed by atoms with Crippen LogP contribution in [0.15, 0.2) is 48.5 Å². The van der Waals surface area contributed by atoms with Gasteiger partial charge in [-0.3, -0.25) is 4.79 Å². The van der Waals surface area contributed by atoms with Gasteiger partial charge in [-0.25, -0.2) is 0 Å². The zero-order chi connectivity index (χ0) is 18.7. The molecule has 0 N–H and O–H groups in total. The van der Waals surface area contributed by atoms with Crippen LogP contribution in [-0.2, 0) is 24.2 Å². The average molecular weight is 350 g/mol. The number of hydrogen-bond donors (Lipinski definition) is 0. The molecule has 2 heteroatoms. The van der Waals surface area contributed by atoms with Gasteiger partial charge in [-0.15, -0.1) is 0 Å². The molecule has 0 aromatic heterocycles. The van der Waals surface area contributed by atoms with Crippen molar-refractivity contribution in [2.75, 3.05) is 4.90 Å². The van der Waals surface area contributed by atoms with E-state index >= 15 is 0 Å². The van der Waals surface area contributed by atoms with Gasteiger partial charge in [0.15, 0.2) is 0 Å². The molecule has 2 nitrogen and oxygen atoms in total. The van der Waals surface area contributed by atoms with Gasteiger partial charge in [-0.2, -0.15) is 0 Å². The number of hydrogen-bond acceptors (Lipinski definition) is 1. The number of aryl methyl sites for hydroxylation is 2. The fourth-order valence-corrected chi connectivity index (χ4v) is 3.77. The summed E-state index contributed by atoms with van der Waals surface area (Å²) in [6.45, 7) is 9.32. The van der Waals surface area contributed by atoms with E-state index in [1.54, 1.807) is 0 Å². The Kier molecular flexibility index (Phi) is 5.50. The molecule has 0 saturated carbocycles. The van der Waals surface area contributed by atoms with E-state index in [2.05, 4.69) is 70.2 Å². The smallest absolute Gasteiger partial charge is 0.232 e. The van der Waals surface area contributed by atoms with Crippen molar-refractivity contribution in [3.8, 4) is 0 Å². The lowest BCUT2D eigenvalue weighted by molar-refractivity contribution is -0.127. The molecule has 0 spiro atoms. The first kappa shape index (κ1) is 18.7. The van der Waals surface area contributed by atoms with Crippen LogP contribution in [0.4, 0.5) is 5.69 Å². The fourth-order valence-electron chi connectivity index (χ4n) is 3.77. The van der Waals surface area contributed by atoms with Crippen molar-refractivity contribution < 1.29 is 4.79 Å². The van der Waals surface area contributed by atoms with E-state index in [0.717, 1.165) is 31.4 Å². The minimum absolute atomic E-state index is 0.238. The highest BCUT2D eigenvalue weighted by molar-refractivity contribution is 5.97. The number of carbonyl (C=O) groups is 1. The van der Waals surface area contributed by atoms with Gasteiger partial charge in [0.05, 0.1) is 6.54 Å². The number of anilines is 1. The van der Waals surface area contributed by atoms with Crippen LogP contribution in [0.25, 0.3) is 0 Å². The molecule has 2 aromatic carbocycles. The molecular formula is C24H31NO. The highest BCUT2D eigenvalue weighted by Gasteiger charge is 2.34. The predicted octanol–water partition coefficient (Wildman–Crippen LogP) is 5.78. The molecule has 0 saturated heterocycles. The van der Waals surface area contributed by atoms with Crippen LogP contribution in [0.3, 0.4) is 0 Å². The summed E-state index contributed by atoms with van der Waals surface area (Å²) in [6.07, 6.45) is 4.00. The molecule has 0 radical (unpaired) electrons. The van der Waals surface area contributed by atoms with Crippen LogP contribution in [0, 0.1) is 11.3 Å². The van der Waals surface area contributed by atoms with Crippen LogP contribution in [0.5, 0.6) is 0 Å². The van der Waals surface area contributed by atoms with Crippen LogP contribution in [0.1, 0.15) is 57.2 Å².